The van der Waals surface area contributed by atoms with Crippen LogP contribution in [-0.2, 0) is 38.2 Å². The van der Waals surface area contributed by atoms with Crippen molar-refractivity contribution in [3.05, 3.63) is 0 Å². The van der Waals surface area contributed by atoms with E-state index in [1.165, 1.54) is 7.11 Å². The van der Waals surface area contributed by atoms with Gasteiger partial charge in [0.05, 0.1) is 32.7 Å². The van der Waals surface area contributed by atoms with E-state index in [0.717, 1.165) is 11.8 Å². The van der Waals surface area contributed by atoms with E-state index in [9.17, 15) is 29.1 Å². The van der Waals surface area contributed by atoms with E-state index in [2.05, 4.69) is 15.4 Å². The van der Waals surface area contributed by atoms with E-state index in [0.29, 0.717) is 12.4 Å². The van der Waals surface area contributed by atoms with Gasteiger partial charge in [-0.3, -0.25) is 24.0 Å². The Kier molecular flexibility index (Phi) is 13.3. The summed E-state index contributed by atoms with van der Waals surface area (Å²) < 4.78 is 15.7. The zero-order chi connectivity index (χ0) is 25.7. The second-order valence-electron chi connectivity index (χ2n) is 8.73. The lowest BCUT2D eigenvalue weighted by Crippen LogP contribution is -2.54. The van der Waals surface area contributed by atoms with Crippen LogP contribution in [0.25, 0.3) is 0 Å². The van der Waals surface area contributed by atoms with Crippen molar-refractivity contribution in [2.45, 2.75) is 71.4 Å². The summed E-state index contributed by atoms with van der Waals surface area (Å²) in [5, 5.41) is 14.5. The highest BCUT2D eigenvalue weighted by Gasteiger charge is 2.42. The number of thioether (sulfide) groups is 1. The van der Waals surface area contributed by atoms with Crippen LogP contribution in [0.1, 0.15) is 52.9 Å². The van der Waals surface area contributed by atoms with Crippen LogP contribution in [0, 0.1) is 5.41 Å². The van der Waals surface area contributed by atoms with Gasteiger partial charge in [-0.15, -0.1) is 0 Å². The third-order valence-corrected chi connectivity index (χ3v) is 5.80. The second-order valence-corrected chi connectivity index (χ2v) is 9.89. The second kappa shape index (κ2) is 15.1. The SMILES string of the molecule is COC(=O)CCC(=O)CC(=O)SCCNC(=O)CCNC(=O)[C@@H]1OC(CC(C)O)OCC1(C)C. The minimum atomic E-state index is -0.772. The van der Waals surface area contributed by atoms with Crippen molar-refractivity contribution in [3.8, 4) is 0 Å². The van der Waals surface area contributed by atoms with Gasteiger partial charge in [-0.1, -0.05) is 25.6 Å². The standard InChI is InChI=1S/C22H36N2O9S/c1-14(25)11-19-32-13-22(2,3)20(33-19)21(30)24-8-7-16(27)23-9-10-34-18(29)12-15(26)5-6-17(28)31-4/h14,19-20,25H,5-13H2,1-4H3,(H,23,27)(H,24,30)/t14?,19?,20-/m0/s1. The fraction of sp³-hybridized carbons (Fsp3) is 0.773. The average Bonchev–Trinajstić information content (AvgIpc) is 2.75. The summed E-state index contributed by atoms with van der Waals surface area (Å²) in [6.07, 6.45) is -2.13. The zero-order valence-electron chi connectivity index (χ0n) is 20.2. The predicted molar refractivity (Wildman–Crippen MR) is 124 cm³/mol. The molecule has 194 valence electrons. The van der Waals surface area contributed by atoms with Crippen molar-refractivity contribution in [2.24, 2.45) is 5.41 Å². The van der Waals surface area contributed by atoms with Gasteiger partial charge >= 0.3 is 5.97 Å². The van der Waals surface area contributed by atoms with Crippen LogP contribution in [-0.4, -0.2) is 84.8 Å². The molecule has 3 N–H and O–H groups in total. The van der Waals surface area contributed by atoms with E-state index in [4.69, 9.17) is 9.47 Å². The minimum Gasteiger partial charge on any atom is -0.469 e. The fourth-order valence-corrected chi connectivity index (χ4v) is 3.75. The first-order chi connectivity index (χ1) is 15.9. The Labute approximate surface area is 204 Å². The van der Waals surface area contributed by atoms with Gasteiger partial charge in [0.25, 0.3) is 0 Å². The number of nitrogens with one attached hydrogen (secondary N) is 2. The van der Waals surface area contributed by atoms with Gasteiger partial charge in [0.1, 0.15) is 11.9 Å². The first kappa shape index (κ1) is 30.0. The molecule has 1 saturated heterocycles. The molecule has 0 bridgehead atoms. The molecule has 3 atom stereocenters. The minimum absolute atomic E-state index is 0.0429. The van der Waals surface area contributed by atoms with Crippen molar-refractivity contribution in [1.82, 2.24) is 10.6 Å². The van der Waals surface area contributed by atoms with Crippen LogP contribution in [0.15, 0.2) is 0 Å². The number of Topliss-reactive ketones (excluding diaryl/α,β-unsaturated/α-hetero) is 1. The number of aliphatic hydroxyl groups is 1. The number of methoxy groups -OCH3 is 1. The Hall–Kier alpha value is -2.02. The third kappa shape index (κ3) is 11.9. The number of carbonyl (C=O) groups excluding carboxylic acids is 5. The number of amides is 2. The van der Waals surface area contributed by atoms with Crippen LogP contribution in [0.4, 0.5) is 0 Å². The van der Waals surface area contributed by atoms with Crippen LogP contribution < -0.4 is 10.6 Å². The molecule has 1 rings (SSSR count). The molecule has 2 amide bonds. The largest absolute Gasteiger partial charge is 0.469 e. The summed E-state index contributed by atoms with van der Waals surface area (Å²) in [5.41, 5.74) is -0.564. The highest BCUT2D eigenvalue weighted by molar-refractivity contribution is 8.13. The van der Waals surface area contributed by atoms with Crippen molar-refractivity contribution in [2.75, 3.05) is 32.6 Å². The summed E-state index contributed by atoms with van der Waals surface area (Å²) in [7, 11) is 1.23. The van der Waals surface area contributed by atoms with E-state index in [1.807, 2.05) is 13.8 Å². The number of esters is 1. The fourth-order valence-electron chi connectivity index (χ4n) is 3.06. The summed E-state index contributed by atoms with van der Waals surface area (Å²) in [6.45, 7) is 5.94. The number of aliphatic hydroxyl groups excluding tert-OH is 1. The summed E-state index contributed by atoms with van der Waals surface area (Å²) in [6, 6.07) is 0. The Balaban J connectivity index is 2.23. The van der Waals surface area contributed by atoms with E-state index in [1.54, 1.807) is 6.92 Å². The van der Waals surface area contributed by atoms with E-state index >= 15 is 0 Å². The van der Waals surface area contributed by atoms with Gasteiger partial charge in [0, 0.05) is 43.5 Å². The highest BCUT2D eigenvalue weighted by Crippen LogP contribution is 2.31. The molecule has 0 aromatic heterocycles. The quantitative estimate of drug-likeness (QED) is 0.171. The number of rotatable bonds is 14. The summed E-state index contributed by atoms with van der Waals surface area (Å²) >= 11 is 0.932. The maximum Gasteiger partial charge on any atom is 0.305 e. The first-order valence-corrected chi connectivity index (χ1v) is 12.2. The first-order valence-electron chi connectivity index (χ1n) is 11.2. The molecule has 0 aliphatic carbocycles. The molecule has 1 aliphatic rings. The Morgan fingerprint density at radius 3 is 2.47 bits per heavy atom. The third-order valence-electron chi connectivity index (χ3n) is 4.93. The number of ketones is 1. The predicted octanol–water partition coefficient (Wildman–Crippen LogP) is 0.320. The van der Waals surface area contributed by atoms with Crippen LogP contribution >= 0.6 is 11.8 Å². The highest BCUT2D eigenvalue weighted by atomic mass is 32.2. The Morgan fingerprint density at radius 2 is 1.82 bits per heavy atom. The maximum absolute atomic E-state index is 12.6. The lowest BCUT2D eigenvalue weighted by Gasteiger charge is -2.41. The van der Waals surface area contributed by atoms with Gasteiger partial charge in [0.2, 0.25) is 11.8 Å². The molecule has 11 nitrogen and oxygen atoms in total. The van der Waals surface area contributed by atoms with Crippen LogP contribution in [0.3, 0.4) is 0 Å². The van der Waals surface area contributed by atoms with Crippen molar-refractivity contribution < 1.29 is 43.3 Å². The lowest BCUT2D eigenvalue weighted by molar-refractivity contribution is -0.260. The molecular formula is C22H36N2O9S. The van der Waals surface area contributed by atoms with E-state index < -0.39 is 29.9 Å². The molecule has 1 fully saturated rings. The molecule has 0 spiro atoms. The van der Waals surface area contributed by atoms with Crippen molar-refractivity contribution in [1.29, 1.82) is 0 Å². The van der Waals surface area contributed by atoms with Gasteiger partial charge in [-0.2, -0.15) is 0 Å². The number of carbonyl (C=O) groups is 5. The molecule has 0 aromatic carbocycles. The molecule has 0 aromatic rings. The normalized spacial score (nSPS) is 20.1. The average molecular weight is 505 g/mol. The Morgan fingerprint density at radius 1 is 1.12 bits per heavy atom. The molecule has 0 saturated carbocycles. The van der Waals surface area contributed by atoms with Gasteiger partial charge in [-0.25, -0.2) is 0 Å². The topological polar surface area (TPSA) is 157 Å². The van der Waals surface area contributed by atoms with Gasteiger partial charge < -0.3 is 30.0 Å². The van der Waals surface area contributed by atoms with E-state index in [-0.39, 0.29) is 67.9 Å². The molecule has 34 heavy (non-hydrogen) atoms. The zero-order valence-corrected chi connectivity index (χ0v) is 21.0. The monoisotopic (exact) mass is 504 g/mol. The van der Waals surface area contributed by atoms with Crippen molar-refractivity contribution >= 4 is 40.4 Å². The molecule has 1 heterocycles. The molecule has 1 aliphatic heterocycles. The number of hydrogen-bond donors (Lipinski definition) is 3. The Bertz CT molecular complexity index is 727. The number of ether oxygens (including phenoxy) is 3. The molecule has 0 radical (unpaired) electrons. The smallest absolute Gasteiger partial charge is 0.305 e. The molecule has 2 unspecified atom stereocenters. The van der Waals surface area contributed by atoms with Gasteiger partial charge in [0.15, 0.2) is 11.4 Å². The lowest BCUT2D eigenvalue weighted by atomic mass is 9.85. The van der Waals surface area contributed by atoms with Crippen LogP contribution in [0.5, 0.6) is 0 Å². The van der Waals surface area contributed by atoms with Crippen LogP contribution in [0.2, 0.25) is 0 Å². The number of hydrogen-bond acceptors (Lipinski definition) is 10. The molecular weight excluding hydrogens is 468 g/mol. The maximum atomic E-state index is 12.6. The molecule has 12 heteroatoms. The van der Waals surface area contributed by atoms with Crippen molar-refractivity contribution in [3.63, 3.8) is 0 Å². The summed E-state index contributed by atoms with van der Waals surface area (Å²) in [4.78, 5) is 58.9. The summed E-state index contributed by atoms with van der Waals surface area (Å²) in [5.74, 6) is -1.18. The van der Waals surface area contributed by atoms with Gasteiger partial charge in [-0.05, 0) is 6.92 Å².